The summed E-state index contributed by atoms with van der Waals surface area (Å²) < 4.78 is 3.43. The van der Waals surface area contributed by atoms with Crippen LogP contribution in [0.5, 0.6) is 0 Å². The topological polar surface area (TPSA) is 4.93 Å². The molecular formula is C25H16BrN. The van der Waals surface area contributed by atoms with Gasteiger partial charge < -0.3 is 4.57 Å². The number of para-hydroxylation sites is 1. The van der Waals surface area contributed by atoms with Crippen molar-refractivity contribution in [1.82, 2.24) is 4.57 Å². The van der Waals surface area contributed by atoms with Gasteiger partial charge in [0.15, 0.2) is 0 Å². The SMILES string of the molecule is Brc1ccc2c(c1)c1c(C3=CC=CC=C=C3)cccc1n2-c1ccccc1. The molecule has 1 aromatic heterocycles. The highest BCUT2D eigenvalue weighted by atomic mass is 79.9. The number of aromatic nitrogens is 1. The van der Waals surface area contributed by atoms with Crippen molar-refractivity contribution < 1.29 is 0 Å². The molecule has 1 nitrogen and oxygen atoms in total. The van der Waals surface area contributed by atoms with Crippen molar-refractivity contribution in [2.45, 2.75) is 0 Å². The van der Waals surface area contributed by atoms with Crippen LogP contribution in [-0.2, 0) is 0 Å². The molecule has 0 fully saturated rings. The molecule has 0 radical (unpaired) electrons. The quantitative estimate of drug-likeness (QED) is 0.308. The lowest BCUT2D eigenvalue weighted by atomic mass is 9.99. The molecule has 0 aliphatic heterocycles. The van der Waals surface area contributed by atoms with Gasteiger partial charge in [-0.2, -0.15) is 0 Å². The van der Waals surface area contributed by atoms with Gasteiger partial charge >= 0.3 is 0 Å². The van der Waals surface area contributed by atoms with Crippen LogP contribution in [0.1, 0.15) is 5.56 Å². The number of benzene rings is 3. The summed E-state index contributed by atoms with van der Waals surface area (Å²) in [6.07, 6.45) is 10.2. The fourth-order valence-corrected chi connectivity index (χ4v) is 4.12. The van der Waals surface area contributed by atoms with E-state index in [9.17, 15) is 0 Å². The van der Waals surface area contributed by atoms with E-state index in [1.807, 2.05) is 12.2 Å². The van der Waals surface area contributed by atoms with Crippen LogP contribution < -0.4 is 0 Å². The number of hydrogen-bond acceptors (Lipinski definition) is 0. The lowest BCUT2D eigenvalue weighted by Crippen LogP contribution is -1.93. The van der Waals surface area contributed by atoms with E-state index in [2.05, 4.69) is 111 Å². The zero-order valence-corrected chi connectivity index (χ0v) is 16.1. The minimum Gasteiger partial charge on any atom is -0.309 e. The highest BCUT2D eigenvalue weighted by molar-refractivity contribution is 9.10. The number of allylic oxidation sites excluding steroid dienone is 5. The van der Waals surface area contributed by atoms with Gasteiger partial charge in [0.2, 0.25) is 0 Å². The third-order valence-electron chi connectivity index (χ3n) is 4.90. The van der Waals surface area contributed by atoms with Gasteiger partial charge in [0.25, 0.3) is 0 Å². The van der Waals surface area contributed by atoms with Gasteiger partial charge in [0.05, 0.1) is 11.0 Å². The first-order chi connectivity index (χ1) is 13.3. The number of nitrogens with zero attached hydrogens (tertiary/aromatic N) is 1. The minimum absolute atomic E-state index is 1.09. The summed E-state index contributed by atoms with van der Waals surface area (Å²) in [4.78, 5) is 0. The average Bonchev–Trinajstić information content (AvgIpc) is 2.85. The zero-order valence-electron chi connectivity index (χ0n) is 14.6. The molecular weight excluding hydrogens is 394 g/mol. The highest BCUT2D eigenvalue weighted by Crippen LogP contribution is 2.38. The zero-order chi connectivity index (χ0) is 18.2. The van der Waals surface area contributed by atoms with E-state index < -0.39 is 0 Å². The summed E-state index contributed by atoms with van der Waals surface area (Å²) in [7, 11) is 0. The smallest absolute Gasteiger partial charge is 0.0547 e. The average molecular weight is 410 g/mol. The molecule has 128 valence electrons. The fraction of sp³-hybridized carbons (Fsp3) is 0. The molecule has 1 aliphatic carbocycles. The third-order valence-corrected chi connectivity index (χ3v) is 5.39. The molecule has 1 heterocycles. The van der Waals surface area contributed by atoms with Crippen LogP contribution in [-0.4, -0.2) is 4.57 Å². The largest absolute Gasteiger partial charge is 0.309 e. The molecule has 1 aliphatic rings. The van der Waals surface area contributed by atoms with Crippen molar-refractivity contribution in [3.8, 4) is 5.69 Å². The maximum absolute atomic E-state index is 3.66. The molecule has 3 aromatic carbocycles. The maximum Gasteiger partial charge on any atom is 0.0547 e. The van der Waals surface area contributed by atoms with Crippen molar-refractivity contribution in [2.75, 3.05) is 0 Å². The Balaban J connectivity index is 1.95. The van der Waals surface area contributed by atoms with E-state index >= 15 is 0 Å². The second kappa shape index (κ2) is 6.59. The number of rotatable bonds is 2. The van der Waals surface area contributed by atoms with Crippen LogP contribution >= 0.6 is 15.9 Å². The first-order valence-electron chi connectivity index (χ1n) is 8.91. The normalized spacial score (nSPS) is 13.3. The van der Waals surface area contributed by atoms with Crippen molar-refractivity contribution >= 4 is 43.3 Å². The number of hydrogen-bond donors (Lipinski definition) is 0. The summed E-state index contributed by atoms with van der Waals surface area (Å²) >= 11 is 3.66. The Morgan fingerprint density at radius 1 is 0.815 bits per heavy atom. The fourth-order valence-electron chi connectivity index (χ4n) is 3.76. The van der Waals surface area contributed by atoms with E-state index in [1.54, 1.807) is 0 Å². The number of halogens is 1. The second-order valence-electron chi connectivity index (χ2n) is 6.52. The van der Waals surface area contributed by atoms with E-state index in [1.165, 1.54) is 33.1 Å². The molecule has 0 saturated heterocycles. The molecule has 0 unspecified atom stereocenters. The van der Waals surface area contributed by atoms with Gasteiger partial charge in [-0.3, -0.25) is 0 Å². The van der Waals surface area contributed by atoms with Crippen molar-refractivity contribution in [3.05, 3.63) is 113 Å². The van der Waals surface area contributed by atoms with Gasteiger partial charge in [-0.05, 0) is 59.7 Å². The monoisotopic (exact) mass is 409 g/mol. The molecule has 27 heavy (non-hydrogen) atoms. The van der Waals surface area contributed by atoms with Crippen molar-refractivity contribution in [3.63, 3.8) is 0 Å². The van der Waals surface area contributed by atoms with Crippen LogP contribution in [0.25, 0.3) is 33.1 Å². The van der Waals surface area contributed by atoms with E-state index in [0.29, 0.717) is 0 Å². The van der Waals surface area contributed by atoms with Gasteiger partial charge in [-0.15, -0.1) is 5.73 Å². The first-order valence-corrected chi connectivity index (χ1v) is 9.70. The second-order valence-corrected chi connectivity index (χ2v) is 7.43. The molecule has 0 atom stereocenters. The van der Waals surface area contributed by atoms with Gasteiger partial charge in [0, 0.05) is 20.9 Å². The van der Waals surface area contributed by atoms with E-state index in [0.717, 1.165) is 10.0 Å². The van der Waals surface area contributed by atoms with Gasteiger partial charge in [-0.25, -0.2) is 0 Å². The Kier molecular flexibility index (Phi) is 3.94. The third kappa shape index (κ3) is 2.71. The highest BCUT2D eigenvalue weighted by Gasteiger charge is 2.16. The standard InChI is InChI=1S/C25H16BrN/c26-19-15-16-23-22(17-19)25-21(18-9-4-1-2-5-10-18)13-8-14-24(25)27(23)20-11-6-3-7-12-20/h1-4,6-17H. The summed E-state index contributed by atoms with van der Waals surface area (Å²) in [6, 6.07) is 23.6. The Hall–Kier alpha value is -3.06. The molecule has 2 heteroatoms. The van der Waals surface area contributed by atoms with Crippen molar-refractivity contribution in [2.24, 2.45) is 0 Å². The minimum atomic E-state index is 1.09. The number of fused-ring (bicyclic) bond motifs is 3. The Bertz CT molecular complexity index is 1300. The molecule has 0 saturated carbocycles. The Labute approximate surface area is 166 Å². The van der Waals surface area contributed by atoms with E-state index in [-0.39, 0.29) is 0 Å². The Morgan fingerprint density at radius 2 is 1.70 bits per heavy atom. The van der Waals surface area contributed by atoms with Crippen LogP contribution in [0.15, 0.2) is 107 Å². The molecule has 0 amide bonds. The van der Waals surface area contributed by atoms with Crippen LogP contribution in [0, 0.1) is 0 Å². The van der Waals surface area contributed by atoms with Crippen LogP contribution in [0.4, 0.5) is 0 Å². The summed E-state index contributed by atoms with van der Waals surface area (Å²) in [5.74, 6) is 0. The predicted octanol–water partition coefficient (Wildman–Crippen LogP) is 7.21. The lowest BCUT2D eigenvalue weighted by molar-refractivity contribution is 1.18. The first kappa shape index (κ1) is 16.1. The molecule has 4 aromatic rings. The summed E-state index contributed by atoms with van der Waals surface area (Å²) in [5.41, 5.74) is 9.20. The van der Waals surface area contributed by atoms with Crippen LogP contribution in [0.3, 0.4) is 0 Å². The molecule has 0 spiro atoms. The Morgan fingerprint density at radius 3 is 2.59 bits per heavy atom. The maximum atomic E-state index is 3.66. The molecule has 0 N–H and O–H groups in total. The summed E-state index contributed by atoms with van der Waals surface area (Å²) in [5, 5.41) is 2.50. The van der Waals surface area contributed by atoms with Crippen LogP contribution in [0.2, 0.25) is 0 Å². The lowest BCUT2D eigenvalue weighted by Gasteiger charge is -2.08. The summed E-state index contributed by atoms with van der Waals surface area (Å²) in [6.45, 7) is 0. The van der Waals surface area contributed by atoms with Gasteiger partial charge in [-0.1, -0.05) is 64.5 Å². The van der Waals surface area contributed by atoms with Crippen molar-refractivity contribution in [1.29, 1.82) is 0 Å². The predicted molar refractivity (Wildman–Crippen MR) is 118 cm³/mol. The molecule has 5 rings (SSSR count). The molecule has 0 bridgehead atoms. The van der Waals surface area contributed by atoms with E-state index in [4.69, 9.17) is 0 Å². The van der Waals surface area contributed by atoms with Gasteiger partial charge in [0.1, 0.15) is 0 Å².